The highest BCUT2D eigenvalue weighted by molar-refractivity contribution is 5.95. The van der Waals surface area contributed by atoms with Crippen LogP contribution in [0.15, 0.2) is 59.7 Å². The number of benzene rings is 2. The molecule has 0 aliphatic rings. The number of ether oxygens (including phenoxy) is 1. The van der Waals surface area contributed by atoms with Crippen LogP contribution in [0.2, 0.25) is 0 Å². The molecule has 1 amide bonds. The molecule has 0 radical (unpaired) electrons. The first-order valence-electron chi connectivity index (χ1n) is 6.41. The third kappa shape index (κ3) is 3.68. The molecule has 0 aliphatic carbocycles. The number of amides is 1. The lowest BCUT2D eigenvalue weighted by molar-refractivity contribution is 0.0955. The van der Waals surface area contributed by atoms with E-state index in [4.69, 9.17) is 4.74 Å². The van der Waals surface area contributed by atoms with Crippen LogP contribution in [0, 0.1) is 0 Å². The predicted molar refractivity (Wildman–Crippen MR) is 79.1 cm³/mol. The average Bonchev–Trinajstić information content (AvgIpc) is 2.50. The minimum absolute atomic E-state index is 0.240. The summed E-state index contributed by atoms with van der Waals surface area (Å²) in [5.74, 6) is 0.503. The van der Waals surface area contributed by atoms with Crippen molar-refractivity contribution in [1.29, 1.82) is 0 Å². The highest BCUT2D eigenvalue weighted by Gasteiger charge is 2.02. The zero-order valence-electron chi connectivity index (χ0n) is 11.2. The molecule has 4 nitrogen and oxygen atoms in total. The van der Waals surface area contributed by atoms with Crippen LogP contribution >= 0.6 is 0 Å². The van der Waals surface area contributed by atoms with Crippen LogP contribution in [-0.4, -0.2) is 18.7 Å². The van der Waals surface area contributed by atoms with Gasteiger partial charge in [0.2, 0.25) is 0 Å². The van der Waals surface area contributed by atoms with E-state index in [0.717, 1.165) is 11.3 Å². The summed E-state index contributed by atoms with van der Waals surface area (Å²) >= 11 is 0. The number of hydrazone groups is 1. The average molecular weight is 268 g/mol. The summed E-state index contributed by atoms with van der Waals surface area (Å²) in [6.45, 7) is 2.51. The second kappa shape index (κ2) is 7.09. The van der Waals surface area contributed by atoms with Gasteiger partial charge < -0.3 is 4.74 Å². The van der Waals surface area contributed by atoms with Gasteiger partial charge in [-0.3, -0.25) is 4.79 Å². The van der Waals surface area contributed by atoms with Crippen LogP contribution in [0.5, 0.6) is 5.75 Å². The quantitative estimate of drug-likeness (QED) is 0.669. The van der Waals surface area contributed by atoms with E-state index in [-0.39, 0.29) is 5.91 Å². The van der Waals surface area contributed by atoms with Crippen molar-refractivity contribution in [3.05, 3.63) is 65.7 Å². The molecule has 0 aliphatic heterocycles. The van der Waals surface area contributed by atoms with Crippen molar-refractivity contribution in [3.63, 3.8) is 0 Å². The van der Waals surface area contributed by atoms with Crippen molar-refractivity contribution in [1.82, 2.24) is 5.43 Å². The Morgan fingerprint density at radius 3 is 2.60 bits per heavy atom. The van der Waals surface area contributed by atoms with E-state index in [9.17, 15) is 4.79 Å². The molecule has 0 saturated carbocycles. The first kappa shape index (κ1) is 13.8. The summed E-state index contributed by atoms with van der Waals surface area (Å²) in [4.78, 5) is 11.8. The Morgan fingerprint density at radius 2 is 1.85 bits per heavy atom. The lowest BCUT2D eigenvalue weighted by Crippen LogP contribution is -2.17. The van der Waals surface area contributed by atoms with Crippen LogP contribution in [0.1, 0.15) is 22.8 Å². The van der Waals surface area contributed by atoms with Crippen LogP contribution in [0.4, 0.5) is 0 Å². The number of carbonyl (C=O) groups excluding carboxylic acids is 1. The van der Waals surface area contributed by atoms with Gasteiger partial charge >= 0.3 is 0 Å². The molecule has 0 unspecified atom stereocenters. The van der Waals surface area contributed by atoms with E-state index in [1.54, 1.807) is 18.3 Å². The summed E-state index contributed by atoms with van der Waals surface area (Å²) < 4.78 is 5.48. The fourth-order valence-electron chi connectivity index (χ4n) is 1.69. The minimum Gasteiger partial charge on any atom is -0.493 e. The summed E-state index contributed by atoms with van der Waals surface area (Å²) in [5, 5.41) is 3.96. The molecule has 2 aromatic rings. The maximum atomic E-state index is 11.8. The summed E-state index contributed by atoms with van der Waals surface area (Å²) in [6.07, 6.45) is 1.58. The third-order valence-electron chi connectivity index (χ3n) is 2.62. The SMILES string of the molecule is CCOc1ccccc1/C=N/NC(=O)c1ccccc1. The zero-order chi connectivity index (χ0) is 14.2. The molecule has 102 valence electrons. The highest BCUT2D eigenvalue weighted by atomic mass is 16.5. The molecule has 0 bridgehead atoms. The molecular weight excluding hydrogens is 252 g/mol. The van der Waals surface area contributed by atoms with Crippen LogP contribution in [0.25, 0.3) is 0 Å². The van der Waals surface area contributed by atoms with Gasteiger partial charge in [0.05, 0.1) is 12.8 Å². The molecule has 2 rings (SSSR count). The van der Waals surface area contributed by atoms with Gasteiger partial charge in [0.1, 0.15) is 5.75 Å². The van der Waals surface area contributed by atoms with E-state index in [1.807, 2.05) is 49.4 Å². The number of nitrogens with one attached hydrogen (secondary N) is 1. The fourth-order valence-corrected chi connectivity index (χ4v) is 1.69. The largest absolute Gasteiger partial charge is 0.493 e. The van der Waals surface area contributed by atoms with Crippen molar-refractivity contribution < 1.29 is 9.53 Å². The molecule has 20 heavy (non-hydrogen) atoms. The molecule has 0 aromatic heterocycles. The van der Waals surface area contributed by atoms with Crippen molar-refractivity contribution in [2.24, 2.45) is 5.10 Å². The molecule has 0 heterocycles. The number of carbonyl (C=O) groups is 1. The Bertz CT molecular complexity index is 594. The molecule has 4 heteroatoms. The van der Waals surface area contributed by atoms with Crippen LogP contribution < -0.4 is 10.2 Å². The number of rotatable bonds is 5. The summed E-state index contributed by atoms with van der Waals surface area (Å²) in [5.41, 5.74) is 3.89. The van der Waals surface area contributed by atoms with Crippen molar-refractivity contribution in [2.75, 3.05) is 6.61 Å². The number of nitrogens with zero attached hydrogens (tertiary/aromatic N) is 1. The van der Waals surface area contributed by atoms with E-state index >= 15 is 0 Å². The summed E-state index contributed by atoms with van der Waals surface area (Å²) in [6, 6.07) is 16.5. The Balaban J connectivity index is 2.02. The van der Waals surface area contributed by atoms with Gasteiger partial charge in [-0.1, -0.05) is 30.3 Å². The molecule has 0 fully saturated rings. The van der Waals surface area contributed by atoms with Crippen molar-refractivity contribution in [2.45, 2.75) is 6.92 Å². The van der Waals surface area contributed by atoms with Gasteiger partial charge in [-0.15, -0.1) is 0 Å². The molecule has 1 N–H and O–H groups in total. The van der Waals surface area contributed by atoms with Crippen LogP contribution in [-0.2, 0) is 0 Å². The van der Waals surface area contributed by atoms with E-state index in [1.165, 1.54) is 0 Å². The Labute approximate surface area is 118 Å². The minimum atomic E-state index is -0.240. The predicted octanol–water partition coefficient (Wildman–Crippen LogP) is 2.85. The van der Waals surface area contributed by atoms with Crippen LogP contribution in [0.3, 0.4) is 0 Å². The normalized spacial score (nSPS) is 10.4. The Hall–Kier alpha value is -2.62. The van der Waals surface area contributed by atoms with Gasteiger partial charge in [0.15, 0.2) is 0 Å². The topological polar surface area (TPSA) is 50.7 Å². The second-order valence-corrected chi connectivity index (χ2v) is 4.04. The van der Waals surface area contributed by atoms with Gasteiger partial charge in [0, 0.05) is 11.1 Å². The van der Waals surface area contributed by atoms with Gasteiger partial charge in [-0.05, 0) is 31.2 Å². The first-order chi connectivity index (χ1) is 9.81. The fraction of sp³-hybridized carbons (Fsp3) is 0.125. The number of para-hydroxylation sites is 1. The third-order valence-corrected chi connectivity index (χ3v) is 2.62. The highest BCUT2D eigenvalue weighted by Crippen LogP contribution is 2.15. The Kier molecular flexibility index (Phi) is 4.89. The summed E-state index contributed by atoms with van der Waals surface area (Å²) in [7, 11) is 0. The smallest absolute Gasteiger partial charge is 0.271 e. The first-order valence-corrected chi connectivity index (χ1v) is 6.41. The lowest BCUT2D eigenvalue weighted by Gasteiger charge is -2.05. The van der Waals surface area contributed by atoms with E-state index in [0.29, 0.717) is 12.2 Å². The molecule has 0 atom stereocenters. The van der Waals surface area contributed by atoms with Gasteiger partial charge in [-0.2, -0.15) is 5.10 Å². The zero-order valence-corrected chi connectivity index (χ0v) is 11.2. The van der Waals surface area contributed by atoms with Gasteiger partial charge in [0.25, 0.3) is 5.91 Å². The molecule has 2 aromatic carbocycles. The maximum Gasteiger partial charge on any atom is 0.271 e. The molecular formula is C16H16N2O2. The Morgan fingerprint density at radius 1 is 1.15 bits per heavy atom. The molecule has 0 saturated heterocycles. The standard InChI is InChI=1S/C16H16N2O2/c1-2-20-15-11-7-6-10-14(15)12-17-18-16(19)13-8-4-3-5-9-13/h3-12H,2H2,1H3,(H,18,19)/b17-12+. The number of hydrogen-bond donors (Lipinski definition) is 1. The lowest BCUT2D eigenvalue weighted by atomic mass is 10.2. The van der Waals surface area contributed by atoms with E-state index in [2.05, 4.69) is 10.5 Å². The van der Waals surface area contributed by atoms with Crippen molar-refractivity contribution in [3.8, 4) is 5.75 Å². The second-order valence-electron chi connectivity index (χ2n) is 4.04. The monoisotopic (exact) mass is 268 g/mol. The molecule has 0 spiro atoms. The van der Waals surface area contributed by atoms with E-state index < -0.39 is 0 Å². The van der Waals surface area contributed by atoms with Gasteiger partial charge in [-0.25, -0.2) is 5.43 Å². The maximum absolute atomic E-state index is 11.8. The van der Waals surface area contributed by atoms with Crippen molar-refractivity contribution >= 4 is 12.1 Å². The number of hydrogen-bond acceptors (Lipinski definition) is 3.